The minimum atomic E-state index is -0.164. The summed E-state index contributed by atoms with van der Waals surface area (Å²) in [5.41, 5.74) is -0.164. The zero-order chi connectivity index (χ0) is 10.9. The molecular formula is C13H18O2. The van der Waals surface area contributed by atoms with Gasteiger partial charge in [0.15, 0.2) is 5.76 Å². The van der Waals surface area contributed by atoms with E-state index in [0.29, 0.717) is 5.76 Å². The summed E-state index contributed by atoms with van der Waals surface area (Å²) in [4.78, 5) is 12.2. The van der Waals surface area contributed by atoms with Gasteiger partial charge in [-0.15, -0.1) is 0 Å². The van der Waals surface area contributed by atoms with Gasteiger partial charge in [0.05, 0.1) is 0 Å². The third-order valence-electron chi connectivity index (χ3n) is 3.49. The van der Waals surface area contributed by atoms with Gasteiger partial charge in [-0.1, -0.05) is 26.7 Å². The lowest BCUT2D eigenvalue weighted by atomic mass is 9.83. The van der Waals surface area contributed by atoms with E-state index in [2.05, 4.69) is 6.92 Å². The maximum absolute atomic E-state index is 12.2. The summed E-state index contributed by atoms with van der Waals surface area (Å²) in [6.45, 7) is 4.10. The predicted molar refractivity (Wildman–Crippen MR) is 59.0 cm³/mol. The maximum atomic E-state index is 12.2. The second kappa shape index (κ2) is 3.84. The van der Waals surface area contributed by atoms with Crippen LogP contribution in [0.15, 0.2) is 16.5 Å². The second-order valence-corrected chi connectivity index (χ2v) is 4.72. The lowest BCUT2D eigenvalue weighted by Gasteiger charge is -2.19. The van der Waals surface area contributed by atoms with Crippen LogP contribution in [-0.4, -0.2) is 5.78 Å². The van der Waals surface area contributed by atoms with Gasteiger partial charge in [-0.3, -0.25) is 4.79 Å². The molecule has 1 saturated carbocycles. The zero-order valence-corrected chi connectivity index (χ0v) is 9.51. The number of carbonyl (C=O) groups is 1. The van der Waals surface area contributed by atoms with Crippen LogP contribution in [0, 0.1) is 5.41 Å². The molecule has 0 N–H and O–H groups in total. The minimum Gasteiger partial charge on any atom is -0.458 e. The molecule has 0 bridgehead atoms. The van der Waals surface area contributed by atoms with Gasteiger partial charge in [0, 0.05) is 11.8 Å². The number of Topliss-reactive ketones (excluding diaryl/α,β-unsaturated/α-hetero) is 1. The van der Waals surface area contributed by atoms with Crippen LogP contribution in [0.1, 0.15) is 55.8 Å². The highest BCUT2D eigenvalue weighted by molar-refractivity contribution is 5.98. The molecule has 15 heavy (non-hydrogen) atoms. The first kappa shape index (κ1) is 10.5. The highest BCUT2D eigenvalue weighted by atomic mass is 16.3. The van der Waals surface area contributed by atoms with E-state index in [-0.39, 0.29) is 11.2 Å². The van der Waals surface area contributed by atoms with Crippen molar-refractivity contribution < 1.29 is 9.21 Å². The third-order valence-corrected chi connectivity index (χ3v) is 3.49. The lowest BCUT2D eigenvalue weighted by molar-refractivity contribution is 0.0791. The van der Waals surface area contributed by atoms with Crippen LogP contribution >= 0.6 is 0 Å². The van der Waals surface area contributed by atoms with Gasteiger partial charge >= 0.3 is 0 Å². The molecule has 2 heteroatoms. The smallest absolute Gasteiger partial charge is 0.203 e. The Bertz CT molecular complexity index is 356. The van der Waals surface area contributed by atoms with E-state index < -0.39 is 0 Å². The summed E-state index contributed by atoms with van der Waals surface area (Å²) < 4.78 is 5.52. The summed E-state index contributed by atoms with van der Waals surface area (Å²) in [6, 6.07) is 3.73. The summed E-state index contributed by atoms with van der Waals surface area (Å²) in [7, 11) is 0. The molecule has 1 aliphatic carbocycles. The SMILES string of the molecule is CCc1ccc(C(=O)C2(C)CCCC2)o1. The first-order valence-electron chi connectivity index (χ1n) is 5.79. The monoisotopic (exact) mass is 206 g/mol. The van der Waals surface area contributed by atoms with Gasteiger partial charge in [0.1, 0.15) is 5.76 Å². The molecule has 0 aliphatic heterocycles. The van der Waals surface area contributed by atoms with Crippen molar-refractivity contribution in [3.63, 3.8) is 0 Å². The van der Waals surface area contributed by atoms with E-state index in [0.717, 1.165) is 25.0 Å². The Labute approximate surface area is 90.7 Å². The van der Waals surface area contributed by atoms with Crippen molar-refractivity contribution in [1.82, 2.24) is 0 Å². The summed E-state index contributed by atoms with van der Waals surface area (Å²) >= 11 is 0. The molecule has 1 aromatic heterocycles. The van der Waals surface area contributed by atoms with Gasteiger partial charge in [0.25, 0.3) is 0 Å². The molecule has 2 nitrogen and oxygen atoms in total. The topological polar surface area (TPSA) is 30.2 Å². The van der Waals surface area contributed by atoms with Gasteiger partial charge in [0.2, 0.25) is 5.78 Å². The lowest BCUT2D eigenvalue weighted by Crippen LogP contribution is -2.23. The Morgan fingerprint density at radius 2 is 2.07 bits per heavy atom. The van der Waals surface area contributed by atoms with Crippen LogP contribution < -0.4 is 0 Å². The number of hydrogen-bond donors (Lipinski definition) is 0. The molecule has 1 aromatic rings. The number of furan rings is 1. The van der Waals surface area contributed by atoms with Crippen molar-refractivity contribution in [2.24, 2.45) is 5.41 Å². The van der Waals surface area contributed by atoms with Crippen LogP contribution in [-0.2, 0) is 6.42 Å². The minimum absolute atomic E-state index is 0.164. The van der Waals surface area contributed by atoms with E-state index >= 15 is 0 Å². The molecule has 2 rings (SSSR count). The van der Waals surface area contributed by atoms with Crippen molar-refractivity contribution in [1.29, 1.82) is 0 Å². The van der Waals surface area contributed by atoms with Crippen LogP contribution in [0.3, 0.4) is 0 Å². The van der Waals surface area contributed by atoms with E-state index in [1.54, 1.807) is 0 Å². The van der Waals surface area contributed by atoms with Crippen LogP contribution in [0.4, 0.5) is 0 Å². The molecule has 82 valence electrons. The molecule has 0 atom stereocenters. The van der Waals surface area contributed by atoms with Crippen LogP contribution in [0.2, 0.25) is 0 Å². The summed E-state index contributed by atoms with van der Waals surface area (Å²) in [5, 5.41) is 0. The number of aryl methyl sites for hydroxylation is 1. The number of ketones is 1. The van der Waals surface area contributed by atoms with Gasteiger partial charge in [-0.2, -0.15) is 0 Å². The van der Waals surface area contributed by atoms with Gasteiger partial charge < -0.3 is 4.42 Å². The first-order chi connectivity index (χ1) is 7.15. The Morgan fingerprint density at radius 1 is 1.40 bits per heavy atom. The van der Waals surface area contributed by atoms with E-state index in [1.807, 2.05) is 19.1 Å². The largest absolute Gasteiger partial charge is 0.458 e. The van der Waals surface area contributed by atoms with Crippen molar-refractivity contribution in [2.45, 2.75) is 46.0 Å². The summed E-state index contributed by atoms with van der Waals surface area (Å²) in [6.07, 6.45) is 5.21. The fourth-order valence-electron chi connectivity index (χ4n) is 2.37. The average Bonchev–Trinajstić information content (AvgIpc) is 2.85. The highest BCUT2D eigenvalue weighted by Gasteiger charge is 2.38. The normalized spacial score (nSPS) is 19.3. The van der Waals surface area contributed by atoms with E-state index in [1.165, 1.54) is 12.8 Å². The van der Waals surface area contributed by atoms with Crippen LogP contribution in [0.5, 0.6) is 0 Å². The fraction of sp³-hybridized carbons (Fsp3) is 0.615. The molecule has 1 fully saturated rings. The Hall–Kier alpha value is -1.05. The molecule has 0 spiro atoms. The third kappa shape index (κ3) is 1.85. The zero-order valence-electron chi connectivity index (χ0n) is 9.51. The molecule has 1 heterocycles. The summed E-state index contributed by atoms with van der Waals surface area (Å²) in [5.74, 6) is 1.65. The Kier molecular flexibility index (Phi) is 2.68. The number of rotatable bonds is 3. The average molecular weight is 206 g/mol. The van der Waals surface area contributed by atoms with Crippen molar-refractivity contribution >= 4 is 5.78 Å². The molecule has 0 unspecified atom stereocenters. The number of hydrogen-bond acceptors (Lipinski definition) is 2. The predicted octanol–water partition coefficient (Wildman–Crippen LogP) is 3.61. The van der Waals surface area contributed by atoms with Crippen molar-refractivity contribution in [3.05, 3.63) is 23.7 Å². The quantitative estimate of drug-likeness (QED) is 0.707. The van der Waals surface area contributed by atoms with Crippen LogP contribution in [0.25, 0.3) is 0 Å². The van der Waals surface area contributed by atoms with Gasteiger partial charge in [-0.25, -0.2) is 0 Å². The van der Waals surface area contributed by atoms with E-state index in [9.17, 15) is 4.79 Å². The molecule has 0 amide bonds. The molecular weight excluding hydrogens is 188 g/mol. The first-order valence-corrected chi connectivity index (χ1v) is 5.79. The van der Waals surface area contributed by atoms with Gasteiger partial charge in [-0.05, 0) is 25.0 Å². The second-order valence-electron chi connectivity index (χ2n) is 4.72. The number of carbonyl (C=O) groups excluding carboxylic acids is 1. The highest BCUT2D eigenvalue weighted by Crippen LogP contribution is 2.40. The molecule has 1 aliphatic rings. The molecule has 0 saturated heterocycles. The van der Waals surface area contributed by atoms with E-state index in [4.69, 9.17) is 4.42 Å². The Morgan fingerprint density at radius 3 is 2.60 bits per heavy atom. The molecule has 0 radical (unpaired) electrons. The fourth-order valence-corrected chi connectivity index (χ4v) is 2.37. The molecule has 0 aromatic carbocycles. The van der Waals surface area contributed by atoms with Crippen molar-refractivity contribution in [3.8, 4) is 0 Å². The maximum Gasteiger partial charge on any atom is 0.203 e. The standard InChI is InChI=1S/C13H18O2/c1-3-10-6-7-11(15-10)12(14)13(2)8-4-5-9-13/h6-7H,3-5,8-9H2,1-2H3. The Balaban J connectivity index is 2.19. The van der Waals surface area contributed by atoms with Crippen molar-refractivity contribution in [2.75, 3.05) is 0 Å².